The molecule has 0 aromatic heterocycles. The van der Waals surface area contributed by atoms with Crippen LogP contribution in [-0.2, 0) is 0 Å². The molecule has 0 heterocycles. The van der Waals surface area contributed by atoms with Crippen LogP contribution in [0, 0.1) is 0 Å². The van der Waals surface area contributed by atoms with Gasteiger partial charge in [0.15, 0.2) is 0 Å². The molecule has 5 aromatic carbocycles. The molecule has 1 heteroatoms. The highest BCUT2D eigenvalue weighted by Gasteiger charge is 2.14. The van der Waals surface area contributed by atoms with Gasteiger partial charge in [-0.05, 0) is 33.0 Å². The highest BCUT2D eigenvalue weighted by atomic mass is 14.6. The predicted molar refractivity (Wildman–Crippen MR) is 125 cm³/mol. The number of nitrogens with two attached hydrogens (primary N) is 1. The first kappa shape index (κ1) is 17.3. The van der Waals surface area contributed by atoms with Gasteiger partial charge in [0.1, 0.15) is 0 Å². The Bertz CT molecular complexity index is 1300. The van der Waals surface area contributed by atoms with E-state index in [2.05, 4.69) is 97.1 Å². The van der Waals surface area contributed by atoms with Gasteiger partial charge in [0.05, 0.1) is 0 Å². The van der Waals surface area contributed by atoms with Gasteiger partial charge in [0, 0.05) is 16.8 Å². The summed E-state index contributed by atoms with van der Waals surface area (Å²) in [5.74, 6) is 0. The molecule has 0 atom stereocenters. The molecule has 0 saturated heterocycles. The minimum absolute atomic E-state index is 0.811. The average Bonchev–Trinajstić information content (AvgIpc) is 2.79. The molecule has 29 heavy (non-hydrogen) atoms. The van der Waals surface area contributed by atoms with Crippen molar-refractivity contribution in [2.24, 2.45) is 0 Å². The van der Waals surface area contributed by atoms with E-state index in [1.807, 2.05) is 18.2 Å². The van der Waals surface area contributed by atoms with Gasteiger partial charge in [-0.3, -0.25) is 0 Å². The Morgan fingerprint density at radius 1 is 0.379 bits per heavy atom. The zero-order chi connectivity index (χ0) is 19.6. The third-order valence-corrected chi connectivity index (χ3v) is 5.49. The van der Waals surface area contributed by atoms with Crippen molar-refractivity contribution in [2.75, 3.05) is 5.73 Å². The fourth-order valence-corrected chi connectivity index (χ4v) is 4.08. The van der Waals surface area contributed by atoms with E-state index in [-0.39, 0.29) is 0 Å². The third kappa shape index (κ3) is 3.07. The van der Waals surface area contributed by atoms with E-state index in [1.165, 1.54) is 21.9 Å². The van der Waals surface area contributed by atoms with Gasteiger partial charge < -0.3 is 5.73 Å². The molecular formula is C28H21N. The highest BCUT2D eigenvalue weighted by molar-refractivity contribution is 6.02. The lowest BCUT2D eigenvalue weighted by Gasteiger charge is -2.16. The van der Waals surface area contributed by atoms with Crippen LogP contribution < -0.4 is 5.73 Å². The van der Waals surface area contributed by atoms with Crippen LogP contribution in [0.5, 0.6) is 0 Å². The van der Waals surface area contributed by atoms with Crippen LogP contribution in [0.1, 0.15) is 0 Å². The quantitative estimate of drug-likeness (QED) is 0.328. The van der Waals surface area contributed by atoms with Crippen molar-refractivity contribution in [3.8, 4) is 33.4 Å². The van der Waals surface area contributed by atoms with Crippen molar-refractivity contribution in [3.63, 3.8) is 0 Å². The Morgan fingerprint density at radius 3 is 1.72 bits per heavy atom. The van der Waals surface area contributed by atoms with Crippen molar-refractivity contribution in [3.05, 3.63) is 115 Å². The smallest absolute Gasteiger partial charge is 0.0473 e. The van der Waals surface area contributed by atoms with Gasteiger partial charge >= 0.3 is 0 Å². The fraction of sp³-hybridized carbons (Fsp3) is 0. The third-order valence-electron chi connectivity index (χ3n) is 5.49. The van der Waals surface area contributed by atoms with E-state index in [9.17, 15) is 0 Å². The molecule has 0 aliphatic carbocycles. The van der Waals surface area contributed by atoms with Crippen LogP contribution in [0.4, 0.5) is 5.69 Å². The molecule has 0 spiro atoms. The summed E-state index contributed by atoms with van der Waals surface area (Å²) in [4.78, 5) is 0. The summed E-state index contributed by atoms with van der Waals surface area (Å²) >= 11 is 0. The van der Waals surface area contributed by atoms with Crippen LogP contribution in [0.2, 0.25) is 0 Å². The van der Waals surface area contributed by atoms with Gasteiger partial charge in [-0.1, -0.05) is 115 Å². The predicted octanol–water partition coefficient (Wildman–Crippen LogP) is 7.42. The van der Waals surface area contributed by atoms with E-state index >= 15 is 0 Å². The minimum atomic E-state index is 0.811. The van der Waals surface area contributed by atoms with Gasteiger partial charge in [0.25, 0.3) is 0 Å². The first-order chi connectivity index (χ1) is 14.3. The minimum Gasteiger partial charge on any atom is -0.398 e. The molecule has 0 amide bonds. The van der Waals surface area contributed by atoms with Crippen LogP contribution in [-0.4, -0.2) is 0 Å². The number of para-hydroxylation sites is 1. The zero-order valence-corrected chi connectivity index (χ0v) is 16.0. The van der Waals surface area contributed by atoms with Crippen LogP contribution in [0.25, 0.3) is 44.2 Å². The maximum atomic E-state index is 6.71. The second-order valence-corrected chi connectivity index (χ2v) is 7.21. The Hall–Kier alpha value is -3.84. The molecule has 5 aromatic rings. The van der Waals surface area contributed by atoms with Gasteiger partial charge in [0.2, 0.25) is 0 Å². The van der Waals surface area contributed by atoms with Gasteiger partial charge in [-0.15, -0.1) is 0 Å². The highest BCUT2D eigenvalue weighted by Crippen LogP contribution is 2.40. The Kier molecular flexibility index (Phi) is 4.34. The molecule has 5 rings (SSSR count). The standard InChI is InChI=1S/C28H21N/c29-28-23(21-10-2-1-3-11-21)17-9-19-27(28)26-16-7-6-15-25(26)24-18-8-13-20-12-4-5-14-22(20)24/h1-19H,29H2. The molecule has 0 aliphatic rings. The molecule has 0 unspecified atom stereocenters. The molecule has 0 radical (unpaired) electrons. The lowest BCUT2D eigenvalue weighted by Crippen LogP contribution is -1.95. The lowest BCUT2D eigenvalue weighted by atomic mass is 9.89. The number of anilines is 1. The summed E-state index contributed by atoms with van der Waals surface area (Å²) < 4.78 is 0. The molecule has 0 bridgehead atoms. The molecular weight excluding hydrogens is 350 g/mol. The second-order valence-electron chi connectivity index (χ2n) is 7.21. The number of fused-ring (bicyclic) bond motifs is 1. The molecule has 138 valence electrons. The van der Waals surface area contributed by atoms with E-state index in [1.54, 1.807) is 0 Å². The Morgan fingerprint density at radius 2 is 0.897 bits per heavy atom. The van der Waals surface area contributed by atoms with E-state index in [0.717, 1.165) is 27.9 Å². The summed E-state index contributed by atoms with van der Waals surface area (Å²) in [5, 5.41) is 2.49. The van der Waals surface area contributed by atoms with Gasteiger partial charge in [-0.2, -0.15) is 0 Å². The first-order valence-corrected chi connectivity index (χ1v) is 9.84. The molecule has 0 fully saturated rings. The zero-order valence-electron chi connectivity index (χ0n) is 16.0. The first-order valence-electron chi connectivity index (χ1n) is 9.84. The summed E-state index contributed by atoms with van der Waals surface area (Å²) in [6.45, 7) is 0. The van der Waals surface area contributed by atoms with E-state index in [4.69, 9.17) is 5.73 Å². The van der Waals surface area contributed by atoms with Crippen molar-refractivity contribution in [1.82, 2.24) is 0 Å². The van der Waals surface area contributed by atoms with Crippen molar-refractivity contribution >= 4 is 16.5 Å². The number of hydrogen-bond donors (Lipinski definition) is 1. The van der Waals surface area contributed by atoms with Crippen LogP contribution in [0.3, 0.4) is 0 Å². The summed E-state index contributed by atoms with van der Waals surface area (Å²) in [6, 6.07) is 40.2. The monoisotopic (exact) mass is 371 g/mol. The van der Waals surface area contributed by atoms with Crippen molar-refractivity contribution in [1.29, 1.82) is 0 Å². The largest absolute Gasteiger partial charge is 0.398 e. The summed E-state index contributed by atoms with van der Waals surface area (Å²) in [6.07, 6.45) is 0. The summed E-state index contributed by atoms with van der Waals surface area (Å²) in [7, 11) is 0. The fourth-order valence-electron chi connectivity index (χ4n) is 4.08. The van der Waals surface area contributed by atoms with Crippen LogP contribution in [0.15, 0.2) is 115 Å². The number of benzene rings is 5. The van der Waals surface area contributed by atoms with Crippen molar-refractivity contribution < 1.29 is 0 Å². The van der Waals surface area contributed by atoms with Gasteiger partial charge in [-0.25, -0.2) is 0 Å². The maximum Gasteiger partial charge on any atom is 0.0473 e. The molecule has 0 saturated carbocycles. The van der Waals surface area contributed by atoms with E-state index in [0.29, 0.717) is 0 Å². The number of rotatable bonds is 3. The molecule has 0 aliphatic heterocycles. The lowest BCUT2D eigenvalue weighted by molar-refractivity contribution is 1.57. The van der Waals surface area contributed by atoms with E-state index < -0.39 is 0 Å². The van der Waals surface area contributed by atoms with Crippen LogP contribution >= 0.6 is 0 Å². The molecule has 2 N–H and O–H groups in total. The summed E-state index contributed by atoms with van der Waals surface area (Å²) in [5.41, 5.74) is 14.4. The number of nitrogen functional groups attached to an aromatic ring is 1. The SMILES string of the molecule is Nc1c(-c2ccccc2)cccc1-c1ccccc1-c1cccc2ccccc12. The van der Waals surface area contributed by atoms with Crippen molar-refractivity contribution in [2.45, 2.75) is 0 Å². The Balaban J connectivity index is 1.74. The topological polar surface area (TPSA) is 26.0 Å². The normalized spacial score (nSPS) is 10.9. The second kappa shape index (κ2) is 7.29. The average molecular weight is 371 g/mol. The number of hydrogen-bond acceptors (Lipinski definition) is 1. The maximum absolute atomic E-state index is 6.71. The Labute approximate surface area is 171 Å². The molecule has 1 nitrogen and oxygen atoms in total.